The summed E-state index contributed by atoms with van der Waals surface area (Å²) in [6.07, 6.45) is 11.5. The maximum Gasteiger partial charge on any atom is 0.316 e. The molecule has 6 nitrogen and oxygen atoms in total. The molecule has 4 rings (SSSR count). The molecule has 28 heavy (non-hydrogen) atoms. The number of fused-ring (bicyclic) bond motifs is 1. The van der Waals surface area contributed by atoms with Crippen molar-refractivity contribution >= 4 is 5.91 Å². The molecule has 2 heterocycles. The van der Waals surface area contributed by atoms with Crippen LogP contribution < -0.4 is 10.1 Å². The van der Waals surface area contributed by atoms with Crippen LogP contribution in [0.15, 0.2) is 54.5 Å². The Morgan fingerprint density at radius 2 is 1.93 bits per heavy atom. The van der Waals surface area contributed by atoms with Crippen molar-refractivity contribution in [3.05, 3.63) is 76.8 Å². The van der Waals surface area contributed by atoms with Gasteiger partial charge >= 0.3 is 6.01 Å². The average molecular weight is 376 g/mol. The summed E-state index contributed by atoms with van der Waals surface area (Å²) in [5, 5.41) is 2.95. The quantitative estimate of drug-likeness (QED) is 0.840. The molecule has 0 atom stereocenters. The molecule has 0 spiro atoms. The van der Waals surface area contributed by atoms with Crippen LogP contribution in [0.3, 0.4) is 0 Å². The van der Waals surface area contributed by atoms with E-state index in [1.807, 2.05) is 6.92 Å². The highest BCUT2D eigenvalue weighted by molar-refractivity contribution is 5.93. The van der Waals surface area contributed by atoms with Gasteiger partial charge in [-0.3, -0.25) is 4.79 Å². The summed E-state index contributed by atoms with van der Waals surface area (Å²) < 4.78 is 5.20. The van der Waals surface area contributed by atoms with Gasteiger partial charge in [0.05, 0.1) is 12.2 Å². The van der Waals surface area contributed by atoms with Crippen LogP contribution in [0.1, 0.15) is 34.0 Å². The van der Waals surface area contributed by atoms with E-state index in [9.17, 15) is 4.79 Å². The van der Waals surface area contributed by atoms with E-state index < -0.39 is 0 Å². The minimum absolute atomic E-state index is 0.187. The number of carbonyl (C=O) groups is 1. The molecule has 1 aromatic heterocycles. The van der Waals surface area contributed by atoms with Gasteiger partial charge < -0.3 is 15.0 Å². The van der Waals surface area contributed by atoms with Gasteiger partial charge in [-0.05, 0) is 48.6 Å². The van der Waals surface area contributed by atoms with E-state index in [-0.39, 0.29) is 11.9 Å². The lowest BCUT2D eigenvalue weighted by Crippen LogP contribution is -2.26. The Morgan fingerprint density at radius 3 is 2.61 bits per heavy atom. The van der Waals surface area contributed by atoms with Crippen molar-refractivity contribution in [3.8, 4) is 6.01 Å². The first-order chi connectivity index (χ1) is 13.7. The van der Waals surface area contributed by atoms with E-state index in [0.29, 0.717) is 18.7 Å². The fourth-order valence-corrected chi connectivity index (χ4v) is 3.46. The van der Waals surface area contributed by atoms with E-state index in [1.54, 1.807) is 0 Å². The molecule has 0 saturated heterocycles. The summed E-state index contributed by atoms with van der Waals surface area (Å²) in [5.74, 6) is -0.187. The first-order valence-corrected chi connectivity index (χ1v) is 9.70. The molecule has 0 saturated carbocycles. The van der Waals surface area contributed by atoms with E-state index >= 15 is 0 Å². The van der Waals surface area contributed by atoms with Gasteiger partial charge in [0.25, 0.3) is 5.91 Å². The molecule has 1 aromatic carbocycles. The SMILES string of the molecule is CCOc1ncc(C(=O)NCc2ccc3c(c2)CCN(C2=CC=C2)CC3)cn1. The van der Waals surface area contributed by atoms with Crippen LogP contribution >= 0.6 is 0 Å². The fourth-order valence-electron chi connectivity index (χ4n) is 3.46. The predicted octanol–water partition coefficient (Wildman–Crippen LogP) is 2.66. The highest BCUT2D eigenvalue weighted by atomic mass is 16.5. The van der Waals surface area contributed by atoms with Crippen LogP contribution in [0.4, 0.5) is 0 Å². The van der Waals surface area contributed by atoms with Gasteiger partial charge in [0.2, 0.25) is 0 Å². The molecule has 0 unspecified atom stereocenters. The second kappa shape index (κ2) is 8.25. The van der Waals surface area contributed by atoms with Crippen molar-refractivity contribution < 1.29 is 9.53 Å². The van der Waals surface area contributed by atoms with Crippen LogP contribution in [-0.4, -0.2) is 40.5 Å². The molecule has 1 amide bonds. The minimum atomic E-state index is -0.187. The van der Waals surface area contributed by atoms with Gasteiger partial charge in [0.15, 0.2) is 0 Å². The zero-order chi connectivity index (χ0) is 19.3. The van der Waals surface area contributed by atoms with E-state index in [2.05, 4.69) is 56.6 Å². The predicted molar refractivity (Wildman–Crippen MR) is 107 cm³/mol. The van der Waals surface area contributed by atoms with Crippen molar-refractivity contribution in [2.24, 2.45) is 0 Å². The monoisotopic (exact) mass is 376 g/mol. The molecule has 144 valence electrons. The number of nitrogens with zero attached hydrogens (tertiary/aromatic N) is 3. The lowest BCUT2D eigenvalue weighted by Gasteiger charge is -2.26. The van der Waals surface area contributed by atoms with Crippen molar-refractivity contribution in [3.63, 3.8) is 0 Å². The summed E-state index contributed by atoms with van der Waals surface area (Å²) in [5.41, 5.74) is 5.65. The minimum Gasteiger partial charge on any atom is -0.464 e. The first kappa shape index (κ1) is 18.2. The molecule has 1 aliphatic carbocycles. The molecule has 2 aliphatic rings. The van der Waals surface area contributed by atoms with Gasteiger partial charge in [-0.1, -0.05) is 24.3 Å². The van der Waals surface area contributed by atoms with Crippen molar-refractivity contribution in [2.45, 2.75) is 26.3 Å². The molecule has 1 aliphatic heterocycles. The Balaban J connectivity index is 1.35. The van der Waals surface area contributed by atoms with Gasteiger partial charge in [-0.15, -0.1) is 0 Å². The zero-order valence-corrected chi connectivity index (χ0v) is 16.0. The second-order valence-electron chi connectivity index (χ2n) is 6.91. The standard InChI is InChI=1S/C22H24N4O2/c1-2-28-22-24-14-19(15-25-22)21(27)23-13-16-6-7-17-8-10-26(20-4-3-5-20)11-9-18(17)12-16/h3-7,12,14-15H,2,8-11,13H2,1H3,(H,23,27). The summed E-state index contributed by atoms with van der Waals surface area (Å²) in [4.78, 5) is 22.8. The van der Waals surface area contributed by atoms with Crippen LogP contribution in [0.25, 0.3) is 0 Å². The lowest BCUT2D eigenvalue weighted by atomic mass is 10.00. The largest absolute Gasteiger partial charge is 0.464 e. The Labute approximate surface area is 165 Å². The second-order valence-corrected chi connectivity index (χ2v) is 6.91. The molecule has 2 aromatic rings. The van der Waals surface area contributed by atoms with Gasteiger partial charge in [-0.2, -0.15) is 0 Å². The summed E-state index contributed by atoms with van der Waals surface area (Å²) in [7, 11) is 0. The summed E-state index contributed by atoms with van der Waals surface area (Å²) in [6, 6.07) is 6.81. The number of aromatic nitrogens is 2. The number of benzene rings is 1. The molecule has 6 heteroatoms. The number of nitrogens with one attached hydrogen (secondary N) is 1. The van der Waals surface area contributed by atoms with Crippen LogP contribution in [-0.2, 0) is 19.4 Å². The fraction of sp³-hybridized carbons (Fsp3) is 0.318. The molecular weight excluding hydrogens is 352 g/mol. The van der Waals surface area contributed by atoms with Crippen molar-refractivity contribution in [2.75, 3.05) is 19.7 Å². The highest BCUT2D eigenvalue weighted by Crippen LogP contribution is 2.22. The van der Waals surface area contributed by atoms with E-state index in [1.165, 1.54) is 29.2 Å². The third kappa shape index (κ3) is 4.06. The molecule has 1 N–H and O–H groups in total. The van der Waals surface area contributed by atoms with Gasteiger partial charge in [0, 0.05) is 37.7 Å². The average Bonchev–Trinajstić information content (AvgIpc) is 2.88. The third-order valence-corrected chi connectivity index (χ3v) is 5.09. The van der Waals surface area contributed by atoms with Crippen molar-refractivity contribution in [1.82, 2.24) is 20.2 Å². The third-order valence-electron chi connectivity index (χ3n) is 5.09. The van der Waals surface area contributed by atoms with E-state index in [0.717, 1.165) is 31.5 Å². The number of carbonyl (C=O) groups excluding carboxylic acids is 1. The summed E-state index contributed by atoms with van der Waals surface area (Å²) in [6.45, 7) is 4.93. The van der Waals surface area contributed by atoms with Crippen LogP contribution in [0.2, 0.25) is 0 Å². The highest BCUT2D eigenvalue weighted by Gasteiger charge is 2.17. The summed E-state index contributed by atoms with van der Waals surface area (Å²) >= 11 is 0. The maximum absolute atomic E-state index is 12.3. The smallest absolute Gasteiger partial charge is 0.316 e. The van der Waals surface area contributed by atoms with Crippen LogP contribution in [0.5, 0.6) is 6.01 Å². The first-order valence-electron chi connectivity index (χ1n) is 9.70. The number of rotatable bonds is 6. The number of hydrogen-bond donors (Lipinski definition) is 1. The molecule has 0 fully saturated rings. The van der Waals surface area contributed by atoms with Crippen LogP contribution in [0, 0.1) is 0 Å². The van der Waals surface area contributed by atoms with Gasteiger partial charge in [0.1, 0.15) is 0 Å². The Bertz CT molecular complexity index is 919. The number of ether oxygens (including phenoxy) is 1. The number of allylic oxidation sites excluding steroid dienone is 3. The number of amides is 1. The molecular formula is C22H24N4O2. The molecule has 0 radical (unpaired) electrons. The Kier molecular flexibility index (Phi) is 5.37. The normalized spacial score (nSPS) is 15.2. The molecule has 0 bridgehead atoms. The number of hydrogen-bond acceptors (Lipinski definition) is 5. The zero-order valence-electron chi connectivity index (χ0n) is 16.0. The maximum atomic E-state index is 12.3. The van der Waals surface area contributed by atoms with Gasteiger partial charge in [-0.25, -0.2) is 9.97 Å². The topological polar surface area (TPSA) is 67.3 Å². The lowest BCUT2D eigenvalue weighted by molar-refractivity contribution is 0.0950. The van der Waals surface area contributed by atoms with E-state index in [4.69, 9.17) is 4.74 Å². The Morgan fingerprint density at radius 1 is 1.18 bits per heavy atom. The van der Waals surface area contributed by atoms with Crippen molar-refractivity contribution in [1.29, 1.82) is 0 Å². The Hall–Kier alpha value is -3.15.